The standard InChI is InChI=1S/C18H23BN4O3S/c1-17(2)18(3,4)26-19(25-17)12-7-6-11-8-14(23(5)13(11)9-12)15(24)21-16-22-20-10-27-16/h6-7,9-10,14H,8H2,1-5H3,(H,21,22,24). The first-order valence-corrected chi connectivity index (χ1v) is 9.84. The van der Waals surface area contributed by atoms with Crippen LogP contribution in [0.15, 0.2) is 23.7 Å². The Bertz CT molecular complexity index is 855. The van der Waals surface area contributed by atoms with Gasteiger partial charge in [-0.05, 0) is 44.8 Å². The largest absolute Gasteiger partial charge is 0.494 e. The minimum atomic E-state index is -0.414. The predicted molar refractivity (Wildman–Crippen MR) is 107 cm³/mol. The fourth-order valence-corrected chi connectivity index (χ4v) is 3.85. The Labute approximate surface area is 163 Å². The van der Waals surface area contributed by atoms with Gasteiger partial charge in [0.2, 0.25) is 11.0 Å². The minimum Gasteiger partial charge on any atom is -0.399 e. The number of hydrogen-bond donors (Lipinski definition) is 1. The maximum atomic E-state index is 12.6. The first-order valence-electron chi connectivity index (χ1n) is 8.96. The van der Waals surface area contributed by atoms with Crippen molar-refractivity contribution in [3.8, 4) is 0 Å². The van der Waals surface area contributed by atoms with E-state index in [0.29, 0.717) is 11.6 Å². The van der Waals surface area contributed by atoms with Gasteiger partial charge in [-0.25, -0.2) is 0 Å². The average molecular weight is 386 g/mol. The molecule has 1 unspecified atom stereocenters. The maximum absolute atomic E-state index is 12.6. The molecule has 27 heavy (non-hydrogen) atoms. The van der Waals surface area contributed by atoms with Crippen LogP contribution >= 0.6 is 11.3 Å². The number of anilines is 2. The molecule has 0 bridgehead atoms. The molecular formula is C18H23BN4O3S. The molecule has 0 spiro atoms. The summed E-state index contributed by atoms with van der Waals surface area (Å²) in [4.78, 5) is 14.6. The molecule has 2 aliphatic heterocycles. The molecular weight excluding hydrogens is 363 g/mol. The molecule has 142 valence electrons. The number of benzene rings is 1. The van der Waals surface area contributed by atoms with Crippen molar-refractivity contribution in [3.63, 3.8) is 0 Å². The van der Waals surface area contributed by atoms with E-state index in [1.165, 1.54) is 11.3 Å². The molecule has 2 aromatic rings. The van der Waals surface area contributed by atoms with E-state index in [-0.39, 0.29) is 23.2 Å². The van der Waals surface area contributed by atoms with E-state index in [0.717, 1.165) is 16.7 Å². The Morgan fingerprint density at radius 3 is 2.63 bits per heavy atom. The molecule has 1 fully saturated rings. The summed E-state index contributed by atoms with van der Waals surface area (Å²) in [5.74, 6) is -0.0809. The van der Waals surface area contributed by atoms with Crippen LogP contribution in [-0.4, -0.2) is 47.5 Å². The molecule has 1 atom stereocenters. The maximum Gasteiger partial charge on any atom is 0.494 e. The van der Waals surface area contributed by atoms with E-state index in [4.69, 9.17) is 9.31 Å². The van der Waals surface area contributed by atoms with Crippen LogP contribution in [0.5, 0.6) is 0 Å². The third kappa shape index (κ3) is 3.13. The molecule has 0 radical (unpaired) electrons. The molecule has 4 rings (SSSR count). The molecule has 3 heterocycles. The van der Waals surface area contributed by atoms with Crippen LogP contribution in [0.1, 0.15) is 33.3 Å². The van der Waals surface area contributed by atoms with Crippen molar-refractivity contribution < 1.29 is 14.1 Å². The lowest BCUT2D eigenvalue weighted by molar-refractivity contribution is -0.117. The van der Waals surface area contributed by atoms with Gasteiger partial charge < -0.3 is 14.2 Å². The van der Waals surface area contributed by atoms with Gasteiger partial charge in [-0.1, -0.05) is 23.5 Å². The molecule has 0 saturated carbocycles. The fourth-order valence-electron chi connectivity index (χ4n) is 3.41. The highest BCUT2D eigenvalue weighted by Gasteiger charge is 2.52. The van der Waals surface area contributed by atoms with Gasteiger partial charge in [0.05, 0.1) is 11.2 Å². The second-order valence-electron chi connectivity index (χ2n) is 8.04. The van der Waals surface area contributed by atoms with Crippen LogP contribution in [-0.2, 0) is 20.5 Å². The van der Waals surface area contributed by atoms with E-state index in [1.807, 2.05) is 45.7 Å². The highest BCUT2D eigenvalue weighted by Crippen LogP contribution is 2.37. The lowest BCUT2D eigenvalue weighted by Gasteiger charge is -2.32. The number of amides is 1. The monoisotopic (exact) mass is 386 g/mol. The van der Waals surface area contributed by atoms with Gasteiger partial charge in [0.25, 0.3) is 0 Å². The van der Waals surface area contributed by atoms with E-state index < -0.39 is 7.12 Å². The summed E-state index contributed by atoms with van der Waals surface area (Å²) in [7, 11) is 1.52. The zero-order chi connectivity index (χ0) is 19.4. The Hall–Kier alpha value is -1.97. The molecule has 9 heteroatoms. The van der Waals surface area contributed by atoms with E-state index >= 15 is 0 Å². The Morgan fingerprint density at radius 1 is 1.30 bits per heavy atom. The van der Waals surface area contributed by atoms with E-state index in [1.54, 1.807) is 5.51 Å². The van der Waals surface area contributed by atoms with Gasteiger partial charge >= 0.3 is 7.12 Å². The third-order valence-electron chi connectivity index (χ3n) is 5.79. The quantitative estimate of drug-likeness (QED) is 0.812. The van der Waals surface area contributed by atoms with Crippen molar-refractivity contribution in [1.29, 1.82) is 0 Å². The molecule has 1 saturated heterocycles. The fraction of sp³-hybridized carbons (Fsp3) is 0.500. The van der Waals surface area contributed by atoms with Gasteiger partial charge in [0.1, 0.15) is 11.6 Å². The topological polar surface area (TPSA) is 76.6 Å². The van der Waals surface area contributed by atoms with Crippen LogP contribution in [0.25, 0.3) is 0 Å². The molecule has 1 aromatic carbocycles. The number of aromatic nitrogens is 2. The number of hydrogen-bond acceptors (Lipinski definition) is 7. The van der Waals surface area contributed by atoms with Crippen molar-refractivity contribution >= 4 is 40.6 Å². The first-order chi connectivity index (χ1) is 12.7. The average Bonchev–Trinajstić information content (AvgIpc) is 3.26. The number of carbonyl (C=O) groups excluding carboxylic acids is 1. The van der Waals surface area contributed by atoms with Crippen LogP contribution in [0.2, 0.25) is 0 Å². The summed E-state index contributed by atoms with van der Waals surface area (Å²) >= 11 is 1.31. The van der Waals surface area contributed by atoms with Crippen molar-refractivity contribution in [3.05, 3.63) is 29.3 Å². The van der Waals surface area contributed by atoms with Gasteiger partial charge in [-0.2, -0.15) is 0 Å². The van der Waals surface area contributed by atoms with E-state index in [9.17, 15) is 4.79 Å². The molecule has 1 aromatic heterocycles. The number of rotatable bonds is 3. The van der Waals surface area contributed by atoms with Crippen LogP contribution in [0.4, 0.5) is 10.8 Å². The molecule has 2 aliphatic rings. The number of likely N-dealkylation sites (N-methyl/N-ethyl adjacent to an activating group) is 1. The van der Waals surface area contributed by atoms with Gasteiger partial charge in [0, 0.05) is 19.2 Å². The lowest BCUT2D eigenvalue weighted by atomic mass is 9.78. The Kier molecular flexibility index (Phi) is 4.29. The predicted octanol–water partition coefficient (Wildman–Crippen LogP) is 1.84. The molecule has 7 nitrogen and oxygen atoms in total. The number of fused-ring (bicyclic) bond motifs is 1. The summed E-state index contributed by atoms with van der Waals surface area (Å²) in [5.41, 5.74) is 3.96. The van der Waals surface area contributed by atoms with Gasteiger partial charge in [-0.15, -0.1) is 10.2 Å². The van der Waals surface area contributed by atoms with Crippen molar-refractivity contribution in [2.24, 2.45) is 0 Å². The SMILES string of the molecule is CN1c2cc(B3OC(C)(C)C(C)(C)O3)ccc2CC1C(=O)Nc1nncs1. The number of carbonyl (C=O) groups is 1. The smallest absolute Gasteiger partial charge is 0.399 e. The normalized spacial score (nSPS) is 22.8. The van der Waals surface area contributed by atoms with E-state index in [2.05, 4.69) is 27.6 Å². The van der Waals surface area contributed by atoms with Gasteiger partial charge in [0.15, 0.2) is 0 Å². The minimum absolute atomic E-state index is 0.0809. The van der Waals surface area contributed by atoms with Gasteiger partial charge in [-0.3, -0.25) is 10.1 Å². The zero-order valence-corrected chi connectivity index (χ0v) is 17.0. The molecule has 1 N–H and O–H groups in total. The summed E-state index contributed by atoms with van der Waals surface area (Å²) in [6, 6.07) is 5.87. The summed E-state index contributed by atoms with van der Waals surface area (Å²) in [6.07, 6.45) is 0.653. The second kappa shape index (κ2) is 6.29. The van der Waals surface area contributed by atoms with Crippen LogP contribution in [0.3, 0.4) is 0 Å². The summed E-state index contributed by atoms with van der Waals surface area (Å²) in [6.45, 7) is 8.17. The first kappa shape index (κ1) is 18.4. The third-order valence-corrected chi connectivity index (χ3v) is 6.40. The lowest BCUT2D eigenvalue weighted by Crippen LogP contribution is -2.41. The number of nitrogens with zero attached hydrogens (tertiary/aromatic N) is 3. The van der Waals surface area contributed by atoms with Crippen molar-refractivity contribution in [1.82, 2.24) is 10.2 Å². The highest BCUT2D eigenvalue weighted by molar-refractivity contribution is 7.13. The van der Waals surface area contributed by atoms with Crippen LogP contribution in [0, 0.1) is 0 Å². The Balaban J connectivity index is 1.53. The number of nitrogens with one attached hydrogen (secondary N) is 1. The van der Waals surface area contributed by atoms with Crippen molar-refractivity contribution in [2.45, 2.75) is 51.4 Å². The van der Waals surface area contributed by atoms with Crippen LogP contribution < -0.4 is 15.7 Å². The second-order valence-corrected chi connectivity index (χ2v) is 8.87. The summed E-state index contributed by atoms with van der Waals surface area (Å²) < 4.78 is 12.3. The zero-order valence-electron chi connectivity index (χ0n) is 16.1. The Morgan fingerprint density at radius 2 is 2.00 bits per heavy atom. The summed E-state index contributed by atoms with van der Waals surface area (Å²) in [5, 5.41) is 11.0. The highest BCUT2D eigenvalue weighted by atomic mass is 32.1. The molecule has 0 aliphatic carbocycles. The van der Waals surface area contributed by atoms with Crippen molar-refractivity contribution in [2.75, 3.05) is 17.3 Å². The molecule has 1 amide bonds.